The van der Waals surface area contributed by atoms with Crippen LogP contribution in [0, 0.1) is 12.8 Å². The highest BCUT2D eigenvalue weighted by Gasteiger charge is 2.32. The Morgan fingerprint density at radius 3 is 2.75 bits per heavy atom. The molecule has 8 nitrogen and oxygen atoms in total. The minimum Gasteiger partial charge on any atom is -0.437 e. The summed E-state index contributed by atoms with van der Waals surface area (Å²) in [6, 6.07) is 15.5. The maximum atomic E-state index is 13.9. The van der Waals surface area contributed by atoms with E-state index in [2.05, 4.69) is 27.5 Å². The highest BCUT2D eigenvalue weighted by molar-refractivity contribution is 6.07. The molecule has 2 N–H and O–H groups in total. The molecule has 1 unspecified atom stereocenters. The Kier molecular flexibility index (Phi) is 7.30. The second-order valence-electron chi connectivity index (χ2n) is 10.5. The van der Waals surface area contributed by atoms with Gasteiger partial charge in [0.05, 0.1) is 16.9 Å². The fourth-order valence-electron chi connectivity index (χ4n) is 5.71. The van der Waals surface area contributed by atoms with Crippen molar-refractivity contribution < 1.29 is 13.9 Å². The number of amides is 1. The molecule has 2 aliphatic rings. The molecular formula is C31H33FN6O2. The van der Waals surface area contributed by atoms with Crippen molar-refractivity contribution in [3.05, 3.63) is 66.5 Å². The Morgan fingerprint density at radius 2 is 1.95 bits per heavy atom. The van der Waals surface area contributed by atoms with E-state index in [0.717, 1.165) is 41.4 Å². The molecule has 2 aromatic carbocycles. The predicted octanol–water partition coefficient (Wildman–Crippen LogP) is 5.67. The number of hydrogen-bond donors (Lipinski definition) is 2. The largest absolute Gasteiger partial charge is 0.437 e. The van der Waals surface area contributed by atoms with Gasteiger partial charge in [0.15, 0.2) is 0 Å². The quantitative estimate of drug-likeness (QED) is 0.312. The monoisotopic (exact) mass is 540 g/mol. The van der Waals surface area contributed by atoms with Crippen LogP contribution in [0.5, 0.6) is 11.6 Å². The van der Waals surface area contributed by atoms with Gasteiger partial charge >= 0.3 is 0 Å². The first-order chi connectivity index (χ1) is 19.5. The number of alkyl halides is 1. The zero-order valence-corrected chi connectivity index (χ0v) is 22.7. The number of hydrogen-bond acceptors (Lipinski definition) is 7. The number of aromatic nitrogens is 3. The van der Waals surface area contributed by atoms with Gasteiger partial charge in [0, 0.05) is 61.2 Å². The topological polar surface area (TPSA) is 92.3 Å². The van der Waals surface area contributed by atoms with Gasteiger partial charge in [-0.1, -0.05) is 31.2 Å². The highest BCUT2D eigenvalue weighted by atomic mass is 19.1. The van der Waals surface area contributed by atoms with Crippen LogP contribution >= 0.6 is 0 Å². The number of anilines is 2. The van der Waals surface area contributed by atoms with Gasteiger partial charge in [0.2, 0.25) is 17.7 Å². The SMILES string of the molecule is CCC1CCN(c2cc(C)c(Oc3ncccc3-c3ccnc(N[C@@H]4CNC[C@@H](F)C4)n3)c3ccccc23)C1=O. The molecule has 40 heavy (non-hydrogen) atoms. The molecule has 1 amide bonds. The summed E-state index contributed by atoms with van der Waals surface area (Å²) in [6.45, 7) is 5.81. The molecule has 0 saturated carbocycles. The van der Waals surface area contributed by atoms with Gasteiger partial charge in [-0.2, -0.15) is 0 Å². The molecule has 6 rings (SSSR count). The molecule has 4 heterocycles. The van der Waals surface area contributed by atoms with E-state index in [9.17, 15) is 9.18 Å². The number of fused-ring (bicyclic) bond motifs is 1. The number of carbonyl (C=O) groups is 1. The fourth-order valence-corrected chi connectivity index (χ4v) is 5.71. The van der Waals surface area contributed by atoms with Crippen LogP contribution in [-0.4, -0.2) is 52.7 Å². The van der Waals surface area contributed by atoms with E-state index in [1.54, 1.807) is 12.4 Å². The first-order valence-electron chi connectivity index (χ1n) is 13.9. The van der Waals surface area contributed by atoms with Gasteiger partial charge in [-0.3, -0.25) is 4.79 Å². The summed E-state index contributed by atoms with van der Waals surface area (Å²) in [5.41, 5.74) is 3.19. The number of aryl methyl sites for hydroxylation is 1. The molecule has 0 spiro atoms. The van der Waals surface area contributed by atoms with Gasteiger partial charge in [0.25, 0.3) is 0 Å². The lowest BCUT2D eigenvalue weighted by Gasteiger charge is -2.26. The normalized spacial score (nSPS) is 21.1. The lowest BCUT2D eigenvalue weighted by molar-refractivity contribution is -0.120. The maximum Gasteiger partial charge on any atom is 0.230 e. The van der Waals surface area contributed by atoms with Crippen molar-refractivity contribution in [3.63, 3.8) is 0 Å². The smallest absolute Gasteiger partial charge is 0.230 e. The Bertz CT molecular complexity index is 1550. The van der Waals surface area contributed by atoms with Gasteiger partial charge in [0.1, 0.15) is 11.9 Å². The highest BCUT2D eigenvalue weighted by Crippen LogP contribution is 2.42. The van der Waals surface area contributed by atoms with Crippen LogP contribution in [0.2, 0.25) is 0 Å². The molecule has 0 bridgehead atoms. The summed E-state index contributed by atoms with van der Waals surface area (Å²) in [5.74, 6) is 1.80. The van der Waals surface area contributed by atoms with Gasteiger partial charge in [-0.05, 0) is 49.6 Å². The van der Waals surface area contributed by atoms with Crippen LogP contribution in [-0.2, 0) is 4.79 Å². The first kappa shape index (κ1) is 26.1. The molecule has 0 aliphatic carbocycles. The van der Waals surface area contributed by atoms with Gasteiger partial charge in [-0.15, -0.1) is 0 Å². The first-order valence-corrected chi connectivity index (χ1v) is 13.9. The summed E-state index contributed by atoms with van der Waals surface area (Å²) in [6.07, 6.45) is 4.61. The van der Waals surface area contributed by atoms with Gasteiger partial charge in [-0.25, -0.2) is 19.3 Å². The van der Waals surface area contributed by atoms with Crippen molar-refractivity contribution in [1.82, 2.24) is 20.3 Å². The standard InChI is InChI=1S/C31H33FN6O2/c1-3-20-11-14-38(30(20)39)27-15-19(2)28(24-8-5-4-7-23(24)27)40-29-25(9-6-12-34-29)26-10-13-35-31(37-26)36-22-16-21(32)17-33-18-22/h4-10,12-13,15,20-22,33H,3,11,14,16-18H2,1-2H3,(H,35,36,37)/t20?,21-,22-/m0/s1. The Morgan fingerprint density at radius 1 is 1.10 bits per heavy atom. The lowest BCUT2D eigenvalue weighted by Crippen LogP contribution is -2.44. The average Bonchev–Trinajstić information content (AvgIpc) is 3.34. The fraction of sp³-hybridized carbons (Fsp3) is 0.355. The average molecular weight is 541 g/mol. The van der Waals surface area contributed by atoms with E-state index in [1.807, 2.05) is 60.4 Å². The third-order valence-electron chi connectivity index (χ3n) is 7.79. The van der Waals surface area contributed by atoms with Crippen molar-refractivity contribution in [2.24, 2.45) is 5.92 Å². The zero-order chi connectivity index (χ0) is 27.6. The lowest BCUT2D eigenvalue weighted by atomic mass is 10.0. The Hall–Kier alpha value is -4.11. The number of rotatable bonds is 7. The molecule has 3 atom stereocenters. The molecule has 4 aromatic rings. The zero-order valence-electron chi connectivity index (χ0n) is 22.7. The molecule has 9 heteroatoms. The van der Waals surface area contributed by atoms with E-state index in [4.69, 9.17) is 9.72 Å². The van der Waals surface area contributed by atoms with E-state index in [1.165, 1.54) is 0 Å². The number of piperidine rings is 1. The number of nitrogens with one attached hydrogen (secondary N) is 2. The van der Waals surface area contributed by atoms with Crippen molar-refractivity contribution in [2.45, 2.75) is 45.3 Å². The number of pyridine rings is 1. The van der Waals surface area contributed by atoms with Crippen LogP contribution in [0.3, 0.4) is 0 Å². The number of halogens is 1. The number of benzene rings is 2. The van der Waals surface area contributed by atoms with Crippen molar-refractivity contribution in [3.8, 4) is 22.9 Å². The molecule has 0 radical (unpaired) electrons. The van der Waals surface area contributed by atoms with E-state index in [-0.39, 0.29) is 17.9 Å². The minimum atomic E-state index is -0.895. The second-order valence-corrected chi connectivity index (χ2v) is 10.5. The summed E-state index contributed by atoms with van der Waals surface area (Å²) in [7, 11) is 0. The number of ether oxygens (including phenoxy) is 1. The van der Waals surface area contributed by atoms with Crippen LogP contribution < -0.4 is 20.3 Å². The third kappa shape index (κ3) is 5.09. The summed E-state index contributed by atoms with van der Waals surface area (Å²) in [4.78, 5) is 28.6. The van der Waals surface area contributed by atoms with Crippen LogP contribution in [0.4, 0.5) is 16.0 Å². The van der Waals surface area contributed by atoms with Crippen molar-refractivity contribution >= 4 is 28.3 Å². The molecule has 2 fully saturated rings. The van der Waals surface area contributed by atoms with E-state index >= 15 is 0 Å². The number of nitrogens with zero attached hydrogens (tertiary/aromatic N) is 4. The van der Waals surface area contributed by atoms with Crippen LogP contribution in [0.25, 0.3) is 22.0 Å². The molecular weight excluding hydrogens is 507 g/mol. The maximum absolute atomic E-state index is 13.9. The minimum absolute atomic E-state index is 0.0751. The molecule has 2 aromatic heterocycles. The molecule has 2 aliphatic heterocycles. The molecule has 206 valence electrons. The van der Waals surface area contributed by atoms with E-state index in [0.29, 0.717) is 48.3 Å². The van der Waals surface area contributed by atoms with E-state index < -0.39 is 6.17 Å². The summed E-state index contributed by atoms with van der Waals surface area (Å²) < 4.78 is 20.4. The third-order valence-corrected chi connectivity index (χ3v) is 7.79. The summed E-state index contributed by atoms with van der Waals surface area (Å²) in [5, 5.41) is 8.22. The van der Waals surface area contributed by atoms with Gasteiger partial charge < -0.3 is 20.3 Å². The van der Waals surface area contributed by atoms with Crippen LogP contribution in [0.1, 0.15) is 31.7 Å². The Labute approximate surface area is 233 Å². The van der Waals surface area contributed by atoms with Crippen LogP contribution in [0.15, 0.2) is 60.9 Å². The number of carbonyl (C=O) groups excluding carboxylic acids is 1. The second kappa shape index (κ2) is 11.2. The predicted molar refractivity (Wildman–Crippen MR) is 155 cm³/mol. The Balaban J connectivity index is 1.33. The van der Waals surface area contributed by atoms with Crippen molar-refractivity contribution in [2.75, 3.05) is 29.9 Å². The molecule has 2 saturated heterocycles. The summed E-state index contributed by atoms with van der Waals surface area (Å²) >= 11 is 0. The van der Waals surface area contributed by atoms with Crippen molar-refractivity contribution in [1.29, 1.82) is 0 Å².